The number of carboxylic acid groups (broad SMARTS) is 1. The second-order valence-corrected chi connectivity index (χ2v) is 4.74. The third-order valence-corrected chi connectivity index (χ3v) is 2.54. The zero-order chi connectivity index (χ0) is 12.6. The summed E-state index contributed by atoms with van der Waals surface area (Å²) in [6.45, 7) is 6.63. The Bertz CT molecular complexity index is 195. The van der Waals surface area contributed by atoms with E-state index in [2.05, 4.69) is 19.2 Å². The van der Waals surface area contributed by atoms with Crippen molar-refractivity contribution in [3.8, 4) is 0 Å². The molecule has 4 heteroatoms. The number of hydrogen-bond donors (Lipinski definition) is 2. The van der Waals surface area contributed by atoms with Gasteiger partial charge in [0, 0.05) is 13.2 Å². The molecule has 0 aromatic rings. The highest BCUT2D eigenvalue weighted by Crippen LogP contribution is 2.08. The van der Waals surface area contributed by atoms with Gasteiger partial charge in [0.25, 0.3) is 0 Å². The first-order valence-corrected chi connectivity index (χ1v) is 5.95. The molecule has 0 aliphatic heterocycles. The lowest BCUT2D eigenvalue weighted by Gasteiger charge is -2.19. The molecule has 16 heavy (non-hydrogen) atoms. The molecule has 0 aliphatic carbocycles. The summed E-state index contributed by atoms with van der Waals surface area (Å²) in [6.07, 6.45) is 3.32. The largest absolute Gasteiger partial charge is 0.480 e. The first kappa shape index (κ1) is 15.4. The number of carbonyl (C=O) groups is 1. The molecule has 0 rings (SSSR count). The predicted octanol–water partition coefficient (Wildman–Crippen LogP) is 1.89. The maximum absolute atomic E-state index is 10.9. The zero-order valence-corrected chi connectivity index (χ0v) is 10.8. The molecule has 0 amide bonds. The van der Waals surface area contributed by atoms with Crippen molar-refractivity contribution in [2.45, 2.75) is 52.1 Å². The lowest BCUT2D eigenvalue weighted by molar-refractivity contribution is -0.141. The molecule has 0 aromatic heterocycles. The third-order valence-electron chi connectivity index (χ3n) is 2.54. The Labute approximate surface area is 98.4 Å². The van der Waals surface area contributed by atoms with Crippen LogP contribution in [-0.4, -0.2) is 36.9 Å². The van der Waals surface area contributed by atoms with Gasteiger partial charge in [0.05, 0.1) is 6.61 Å². The van der Waals surface area contributed by atoms with Crippen molar-refractivity contribution in [2.24, 2.45) is 5.92 Å². The summed E-state index contributed by atoms with van der Waals surface area (Å²) in [7, 11) is 1.51. The van der Waals surface area contributed by atoms with Crippen LogP contribution in [0.4, 0.5) is 0 Å². The van der Waals surface area contributed by atoms with E-state index < -0.39 is 12.0 Å². The van der Waals surface area contributed by atoms with Crippen molar-refractivity contribution in [3.63, 3.8) is 0 Å². The van der Waals surface area contributed by atoms with E-state index in [-0.39, 0.29) is 12.6 Å². The molecule has 0 saturated heterocycles. The van der Waals surface area contributed by atoms with Gasteiger partial charge < -0.3 is 9.84 Å². The van der Waals surface area contributed by atoms with Gasteiger partial charge in [0.15, 0.2) is 0 Å². The molecule has 0 saturated carbocycles. The van der Waals surface area contributed by atoms with Crippen LogP contribution >= 0.6 is 0 Å². The van der Waals surface area contributed by atoms with Crippen LogP contribution in [0.15, 0.2) is 0 Å². The summed E-state index contributed by atoms with van der Waals surface area (Å²) in [5.41, 5.74) is 0. The van der Waals surface area contributed by atoms with E-state index in [4.69, 9.17) is 9.84 Å². The minimum Gasteiger partial charge on any atom is -0.480 e. The maximum Gasteiger partial charge on any atom is 0.323 e. The molecule has 0 aliphatic rings. The van der Waals surface area contributed by atoms with Crippen LogP contribution in [0.5, 0.6) is 0 Å². The van der Waals surface area contributed by atoms with E-state index in [0.717, 1.165) is 12.8 Å². The van der Waals surface area contributed by atoms with Gasteiger partial charge in [-0.25, -0.2) is 0 Å². The summed E-state index contributed by atoms with van der Waals surface area (Å²) in [5, 5.41) is 12.0. The van der Waals surface area contributed by atoms with E-state index in [1.54, 1.807) is 0 Å². The fraction of sp³-hybridized carbons (Fsp3) is 0.917. The Morgan fingerprint density at radius 1 is 1.31 bits per heavy atom. The summed E-state index contributed by atoms with van der Waals surface area (Å²) in [4.78, 5) is 10.9. The molecule has 2 atom stereocenters. The SMILES string of the molecule is COCC(NC(C)CCCC(C)C)C(=O)O. The normalized spacial score (nSPS) is 15.1. The smallest absolute Gasteiger partial charge is 0.323 e. The van der Waals surface area contributed by atoms with Crippen LogP contribution < -0.4 is 5.32 Å². The van der Waals surface area contributed by atoms with E-state index in [1.807, 2.05) is 6.92 Å². The van der Waals surface area contributed by atoms with Crippen LogP contribution in [0.25, 0.3) is 0 Å². The van der Waals surface area contributed by atoms with Gasteiger partial charge in [-0.05, 0) is 19.3 Å². The number of nitrogens with one attached hydrogen (secondary N) is 1. The number of hydrogen-bond acceptors (Lipinski definition) is 3. The highest BCUT2D eigenvalue weighted by Gasteiger charge is 2.18. The van der Waals surface area contributed by atoms with E-state index in [1.165, 1.54) is 13.5 Å². The fourth-order valence-electron chi connectivity index (χ4n) is 1.62. The van der Waals surface area contributed by atoms with Crippen molar-refractivity contribution < 1.29 is 14.6 Å². The molecule has 0 aromatic carbocycles. The number of carboxylic acids is 1. The Balaban J connectivity index is 3.81. The molecule has 2 unspecified atom stereocenters. The lowest BCUT2D eigenvalue weighted by Crippen LogP contribution is -2.44. The van der Waals surface area contributed by atoms with E-state index in [0.29, 0.717) is 5.92 Å². The Kier molecular flexibility index (Phi) is 8.21. The van der Waals surface area contributed by atoms with Crippen molar-refractivity contribution in [2.75, 3.05) is 13.7 Å². The minimum atomic E-state index is -0.849. The lowest BCUT2D eigenvalue weighted by atomic mass is 10.0. The first-order valence-electron chi connectivity index (χ1n) is 5.95. The van der Waals surface area contributed by atoms with Crippen LogP contribution in [0.2, 0.25) is 0 Å². The Hall–Kier alpha value is -0.610. The third kappa shape index (κ3) is 7.65. The Morgan fingerprint density at radius 3 is 2.38 bits per heavy atom. The van der Waals surface area contributed by atoms with Crippen molar-refractivity contribution in [1.82, 2.24) is 5.32 Å². The fourth-order valence-corrected chi connectivity index (χ4v) is 1.62. The van der Waals surface area contributed by atoms with Gasteiger partial charge in [-0.15, -0.1) is 0 Å². The molecule has 4 nitrogen and oxygen atoms in total. The second kappa shape index (κ2) is 8.53. The molecule has 0 bridgehead atoms. The van der Waals surface area contributed by atoms with Crippen LogP contribution in [0.3, 0.4) is 0 Å². The first-order chi connectivity index (χ1) is 7.47. The average Bonchev–Trinajstić information content (AvgIpc) is 2.16. The highest BCUT2D eigenvalue weighted by molar-refractivity contribution is 5.73. The van der Waals surface area contributed by atoms with Crippen LogP contribution in [-0.2, 0) is 9.53 Å². The summed E-state index contributed by atoms with van der Waals surface area (Å²) in [6, 6.07) is -0.381. The van der Waals surface area contributed by atoms with Gasteiger partial charge in [-0.3, -0.25) is 10.1 Å². The Morgan fingerprint density at radius 2 is 1.94 bits per heavy atom. The molecular weight excluding hydrogens is 206 g/mol. The van der Waals surface area contributed by atoms with Crippen molar-refractivity contribution in [1.29, 1.82) is 0 Å². The number of rotatable bonds is 9. The summed E-state index contributed by atoms with van der Waals surface area (Å²) < 4.78 is 4.87. The molecule has 2 N–H and O–H groups in total. The predicted molar refractivity (Wildman–Crippen MR) is 64.6 cm³/mol. The second-order valence-electron chi connectivity index (χ2n) is 4.74. The monoisotopic (exact) mass is 231 g/mol. The average molecular weight is 231 g/mol. The number of methoxy groups -OCH3 is 1. The highest BCUT2D eigenvalue weighted by atomic mass is 16.5. The standard InChI is InChI=1S/C12H25NO3/c1-9(2)6-5-7-10(3)13-11(8-16-4)12(14)15/h9-11,13H,5-8H2,1-4H3,(H,14,15). The number of ether oxygens (including phenoxy) is 1. The van der Waals surface area contributed by atoms with Gasteiger partial charge >= 0.3 is 5.97 Å². The molecule has 96 valence electrons. The van der Waals surface area contributed by atoms with Crippen molar-refractivity contribution in [3.05, 3.63) is 0 Å². The summed E-state index contributed by atoms with van der Waals surface area (Å²) in [5.74, 6) is -0.140. The quantitative estimate of drug-likeness (QED) is 0.636. The van der Waals surface area contributed by atoms with E-state index in [9.17, 15) is 4.79 Å². The van der Waals surface area contributed by atoms with E-state index >= 15 is 0 Å². The van der Waals surface area contributed by atoms with Crippen LogP contribution in [0, 0.1) is 5.92 Å². The topological polar surface area (TPSA) is 58.6 Å². The van der Waals surface area contributed by atoms with Gasteiger partial charge in [-0.2, -0.15) is 0 Å². The van der Waals surface area contributed by atoms with Gasteiger partial charge in [-0.1, -0.05) is 26.7 Å². The summed E-state index contributed by atoms with van der Waals surface area (Å²) >= 11 is 0. The van der Waals surface area contributed by atoms with Gasteiger partial charge in [0.2, 0.25) is 0 Å². The molecule has 0 radical (unpaired) electrons. The van der Waals surface area contributed by atoms with Crippen LogP contribution in [0.1, 0.15) is 40.0 Å². The van der Waals surface area contributed by atoms with Crippen molar-refractivity contribution >= 4 is 5.97 Å². The molecule has 0 heterocycles. The minimum absolute atomic E-state index is 0.212. The molecule has 0 spiro atoms. The maximum atomic E-state index is 10.9. The number of aliphatic carboxylic acids is 1. The molecular formula is C12H25NO3. The van der Waals surface area contributed by atoms with Gasteiger partial charge in [0.1, 0.15) is 6.04 Å². The molecule has 0 fully saturated rings. The zero-order valence-electron chi connectivity index (χ0n) is 10.8.